The molecule has 3 N–H and O–H groups in total. The van der Waals surface area contributed by atoms with E-state index in [9.17, 15) is 9.18 Å². The highest BCUT2D eigenvalue weighted by Crippen LogP contribution is 2.14. The van der Waals surface area contributed by atoms with Gasteiger partial charge in [-0.15, -0.1) is 0 Å². The van der Waals surface area contributed by atoms with Crippen LogP contribution in [0.5, 0.6) is 0 Å². The van der Waals surface area contributed by atoms with Crippen molar-refractivity contribution in [2.75, 3.05) is 11.1 Å². The van der Waals surface area contributed by atoms with Gasteiger partial charge >= 0.3 is 0 Å². The zero-order valence-corrected chi connectivity index (χ0v) is 9.77. The van der Waals surface area contributed by atoms with E-state index in [1.165, 1.54) is 0 Å². The van der Waals surface area contributed by atoms with Crippen molar-refractivity contribution in [3.8, 4) is 0 Å². The van der Waals surface area contributed by atoms with Crippen molar-refractivity contribution < 1.29 is 9.18 Å². The van der Waals surface area contributed by atoms with Gasteiger partial charge in [0, 0.05) is 5.69 Å². The van der Waals surface area contributed by atoms with Crippen molar-refractivity contribution in [3.05, 3.63) is 53.5 Å². The molecule has 5 heteroatoms. The quantitative estimate of drug-likeness (QED) is 0.853. The van der Waals surface area contributed by atoms with Crippen molar-refractivity contribution in [2.45, 2.75) is 6.92 Å². The van der Waals surface area contributed by atoms with Gasteiger partial charge in [-0.2, -0.15) is 0 Å². The van der Waals surface area contributed by atoms with Crippen molar-refractivity contribution in [3.63, 3.8) is 0 Å². The summed E-state index contributed by atoms with van der Waals surface area (Å²) >= 11 is 0. The topological polar surface area (TPSA) is 68.0 Å². The van der Waals surface area contributed by atoms with E-state index in [0.717, 1.165) is 17.8 Å². The number of aryl methyl sites for hydroxylation is 1. The van der Waals surface area contributed by atoms with E-state index in [4.69, 9.17) is 5.73 Å². The standard InChI is InChI=1S/C13H12FN3O/c1-8-2-4-10(5-3-8)17-13(18)11-6-9(14)7-16-12(11)15/h2-7H,1H3,(H2,15,16)(H,17,18). The maximum Gasteiger partial charge on any atom is 0.259 e. The van der Waals surface area contributed by atoms with Crippen LogP contribution < -0.4 is 11.1 Å². The molecule has 0 saturated heterocycles. The summed E-state index contributed by atoms with van der Waals surface area (Å²) in [5.74, 6) is -1.08. The summed E-state index contributed by atoms with van der Waals surface area (Å²) < 4.78 is 13.0. The number of nitrogens with two attached hydrogens (primary N) is 1. The normalized spacial score (nSPS) is 10.1. The molecule has 0 unspecified atom stereocenters. The van der Waals surface area contributed by atoms with E-state index < -0.39 is 11.7 Å². The summed E-state index contributed by atoms with van der Waals surface area (Å²) in [7, 11) is 0. The SMILES string of the molecule is Cc1ccc(NC(=O)c2cc(F)cnc2N)cc1. The molecule has 0 bridgehead atoms. The van der Waals surface area contributed by atoms with Gasteiger partial charge in [-0.25, -0.2) is 9.37 Å². The van der Waals surface area contributed by atoms with Gasteiger partial charge in [0.1, 0.15) is 11.6 Å². The fourth-order valence-corrected chi connectivity index (χ4v) is 1.47. The lowest BCUT2D eigenvalue weighted by atomic mass is 10.2. The lowest BCUT2D eigenvalue weighted by molar-refractivity contribution is 0.102. The Bertz CT molecular complexity index is 581. The molecular formula is C13H12FN3O. The summed E-state index contributed by atoms with van der Waals surface area (Å²) in [6.07, 6.45) is 0.970. The molecule has 2 aromatic rings. The molecule has 2 rings (SSSR count). The second-order valence-corrected chi connectivity index (χ2v) is 3.91. The number of pyridine rings is 1. The monoisotopic (exact) mass is 245 g/mol. The molecule has 0 atom stereocenters. The van der Waals surface area contributed by atoms with Crippen LogP contribution in [-0.4, -0.2) is 10.9 Å². The molecule has 0 aliphatic heterocycles. The number of carbonyl (C=O) groups is 1. The number of halogens is 1. The zero-order chi connectivity index (χ0) is 13.1. The Morgan fingerprint density at radius 3 is 2.67 bits per heavy atom. The van der Waals surface area contributed by atoms with E-state index in [2.05, 4.69) is 10.3 Å². The minimum atomic E-state index is -0.599. The van der Waals surface area contributed by atoms with E-state index in [1.54, 1.807) is 12.1 Å². The van der Waals surface area contributed by atoms with Crippen LogP contribution in [0.25, 0.3) is 0 Å². The number of aromatic nitrogens is 1. The molecule has 1 heterocycles. The third-order valence-electron chi connectivity index (χ3n) is 2.44. The molecule has 1 amide bonds. The maximum atomic E-state index is 13.0. The van der Waals surface area contributed by atoms with Crippen molar-refractivity contribution in [2.24, 2.45) is 0 Å². The first kappa shape index (κ1) is 12.0. The van der Waals surface area contributed by atoms with Crippen LogP contribution in [0.4, 0.5) is 15.9 Å². The third kappa shape index (κ3) is 2.63. The predicted molar refractivity (Wildman–Crippen MR) is 67.7 cm³/mol. The lowest BCUT2D eigenvalue weighted by Crippen LogP contribution is -2.15. The highest BCUT2D eigenvalue weighted by atomic mass is 19.1. The lowest BCUT2D eigenvalue weighted by Gasteiger charge is -2.07. The molecule has 1 aromatic carbocycles. The smallest absolute Gasteiger partial charge is 0.259 e. The highest BCUT2D eigenvalue weighted by Gasteiger charge is 2.12. The highest BCUT2D eigenvalue weighted by molar-refractivity contribution is 6.07. The Labute approximate surface area is 104 Å². The van der Waals surface area contributed by atoms with Gasteiger partial charge in [0.2, 0.25) is 0 Å². The number of benzene rings is 1. The molecule has 18 heavy (non-hydrogen) atoms. The minimum absolute atomic E-state index is 0.000937. The van der Waals surface area contributed by atoms with Crippen molar-refractivity contribution in [1.82, 2.24) is 4.98 Å². The molecule has 0 aliphatic carbocycles. The van der Waals surface area contributed by atoms with Gasteiger partial charge in [-0.3, -0.25) is 4.79 Å². The van der Waals surface area contributed by atoms with Crippen LogP contribution in [0.15, 0.2) is 36.5 Å². The average Bonchev–Trinajstić information content (AvgIpc) is 2.35. The van der Waals surface area contributed by atoms with E-state index in [0.29, 0.717) is 5.69 Å². The molecular weight excluding hydrogens is 233 g/mol. The van der Waals surface area contributed by atoms with Crippen molar-refractivity contribution >= 4 is 17.4 Å². The Balaban J connectivity index is 2.21. The van der Waals surface area contributed by atoms with Gasteiger partial charge in [0.15, 0.2) is 0 Å². The second kappa shape index (κ2) is 4.83. The summed E-state index contributed by atoms with van der Waals surface area (Å²) in [4.78, 5) is 15.5. The number of nitrogens with zero attached hydrogens (tertiary/aromatic N) is 1. The van der Waals surface area contributed by atoms with Gasteiger partial charge in [-0.05, 0) is 25.1 Å². The van der Waals surface area contributed by atoms with Crippen LogP contribution in [0.1, 0.15) is 15.9 Å². The summed E-state index contributed by atoms with van der Waals surface area (Å²) in [6, 6.07) is 8.31. The largest absolute Gasteiger partial charge is 0.383 e. The zero-order valence-electron chi connectivity index (χ0n) is 9.77. The average molecular weight is 245 g/mol. The molecule has 0 radical (unpaired) electrons. The molecule has 0 aliphatic rings. The van der Waals surface area contributed by atoms with Gasteiger partial charge in [0.05, 0.1) is 11.8 Å². The van der Waals surface area contributed by atoms with Crippen LogP contribution >= 0.6 is 0 Å². The van der Waals surface area contributed by atoms with Gasteiger partial charge < -0.3 is 11.1 Å². The molecule has 0 fully saturated rings. The Morgan fingerprint density at radius 2 is 2.00 bits per heavy atom. The fourth-order valence-electron chi connectivity index (χ4n) is 1.47. The van der Waals surface area contributed by atoms with Crippen LogP contribution in [-0.2, 0) is 0 Å². The molecule has 4 nitrogen and oxygen atoms in total. The number of hydrogen-bond acceptors (Lipinski definition) is 3. The first-order valence-corrected chi connectivity index (χ1v) is 5.35. The number of nitrogens with one attached hydrogen (secondary N) is 1. The summed E-state index contributed by atoms with van der Waals surface area (Å²) in [5, 5.41) is 2.63. The third-order valence-corrected chi connectivity index (χ3v) is 2.44. The fraction of sp³-hybridized carbons (Fsp3) is 0.0769. The molecule has 0 spiro atoms. The Kier molecular flexibility index (Phi) is 3.23. The van der Waals surface area contributed by atoms with Gasteiger partial charge in [0.25, 0.3) is 5.91 Å². The number of nitrogen functional groups attached to an aromatic ring is 1. The Hall–Kier alpha value is -2.43. The van der Waals surface area contributed by atoms with Crippen molar-refractivity contribution in [1.29, 1.82) is 0 Å². The minimum Gasteiger partial charge on any atom is -0.383 e. The Morgan fingerprint density at radius 1 is 1.33 bits per heavy atom. The van der Waals surface area contributed by atoms with Crippen LogP contribution in [0.3, 0.4) is 0 Å². The van der Waals surface area contributed by atoms with E-state index >= 15 is 0 Å². The van der Waals surface area contributed by atoms with Crippen LogP contribution in [0, 0.1) is 12.7 Å². The van der Waals surface area contributed by atoms with E-state index in [-0.39, 0.29) is 11.4 Å². The first-order valence-electron chi connectivity index (χ1n) is 5.35. The van der Waals surface area contributed by atoms with Crippen LogP contribution in [0.2, 0.25) is 0 Å². The molecule has 92 valence electrons. The molecule has 0 saturated carbocycles. The number of hydrogen-bond donors (Lipinski definition) is 2. The number of rotatable bonds is 2. The number of carbonyl (C=O) groups excluding carboxylic acids is 1. The molecule has 1 aromatic heterocycles. The number of amides is 1. The summed E-state index contributed by atoms with van der Waals surface area (Å²) in [6.45, 7) is 1.94. The number of anilines is 2. The second-order valence-electron chi connectivity index (χ2n) is 3.91. The first-order chi connectivity index (χ1) is 8.56. The predicted octanol–water partition coefficient (Wildman–Crippen LogP) is 2.36. The maximum absolute atomic E-state index is 13.0. The van der Waals surface area contributed by atoms with Gasteiger partial charge in [-0.1, -0.05) is 17.7 Å². The van der Waals surface area contributed by atoms with E-state index in [1.807, 2.05) is 19.1 Å². The summed E-state index contributed by atoms with van der Waals surface area (Å²) in [5.41, 5.74) is 7.26.